The molecule has 13 heteroatoms. The lowest BCUT2D eigenvalue weighted by Crippen LogP contribution is -2.32. The molecule has 2 aliphatic rings. The largest absolute Gasteiger partial charge is 0.471 e. The monoisotopic (exact) mass is 520 g/mol. The van der Waals surface area contributed by atoms with Gasteiger partial charge in [-0.2, -0.15) is 4.37 Å². The van der Waals surface area contributed by atoms with Gasteiger partial charge < -0.3 is 31.1 Å². The SMILES string of the molecule is NC(=O)c1c(OCc2cc(C(=O)NC3CC3)ccc2F)nsc1NC(=O)NCCCN1CC[C@H](O)C1. The maximum absolute atomic E-state index is 14.3. The van der Waals surface area contributed by atoms with Crippen molar-refractivity contribution in [3.05, 3.63) is 40.7 Å². The molecule has 2 fully saturated rings. The molecule has 11 nitrogen and oxygen atoms in total. The molecule has 194 valence electrons. The third kappa shape index (κ3) is 6.89. The summed E-state index contributed by atoms with van der Waals surface area (Å²) in [6.45, 7) is 2.33. The molecule has 6 N–H and O–H groups in total. The molecule has 1 aromatic heterocycles. The van der Waals surface area contributed by atoms with Gasteiger partial charge >= 0.3 is 6.03 Å². The van der Waals surface area contributed by atoms with E-state index in [1.54, 1.807) is 0 Å². The Balaban J connectivity index is 1.31. The number of urea groups is 1. The van der Waals surface area contributed by atoms with Gasteiger partial charge in [0.1, 0.15) is 23.0 Å². The number of hydrogen-bond acceptors (Lipinski definition) is 8. The van der Waals surface area contributed by atoms with Gasteiger partial charge in [-0.3, -0.25) is 14.9 Å². The molecule has 36 heavy (non-hydrogen) atoms. The van der Waals surface area contributed by atoms with Crippen molar-refractivity contribution in [2.75, 3.05) is 31.5 Å². The number of rotatable bonds is 11. The van der Waals surface area contributed by atoms with Gasteiger partial charge in [-0.25, -0.2) is 9.18 Å². The number of nitrogens with zero attached hydrogens (tertiary/aromatic N) is 2. The second-order valence-corrected chi connectivity index (χ2v) is 9.65. The molecular weight excluding hydrogens is 491 g/mol. The van der Waals surface area contributed by atoms with Crippen molar-refractivity contribution in [1.29, 1.82) is 0 Å². The van der Waals surface area contributed by atoms with Crippen LogP contribution in [0.15, 0.2) is 18.2 Å². The molecule has 0 radical (unpaired) electrons. The molecule has 4 rings (SSSR count). The molecule has 1 saturated carbocycles. The van der Waals surface area contributed by atoms with E-state index in [2.05, 4.69) is 25.2 Å². The van der Waals surface area contributed by atoms with Crippen molar-refractivity contribution in [2.24, 2.45) is 5.73 Å². The standard InChI is InChI=1S/C23H29FN6O5S/c24-17-5-2-13(20(33)27-15-3-4-15)10-14(17)12-35-21-18(19(25)32)22(36-29-21)28-23(34)26-7-1-8-30-9-6-16(31)11-30/h2,5,10,15-16,31H,1,3-4,6-9,11-12H2,(H2,25,32)(H,27,33)(H2,26,28,34)/t16-/m0/s1. The van der Waals surface area contributed by atoms with Gasteiger partial charge in [0.2, 0.25) is 5.88 Å². The fourth-order valence-corrected chi connectivity index (χ4v) is 4.55. The second-order valence-electron chi connectivity index (χ2n) is 8.88. The number of likely N-dealkylation sites (tertiary alicyclic amines) is 1. The summed E-state index contributed by atoms with van der Waals surface area (Å²) in [7, 11) is 0. The lowest BCUT2D eigenvalue weighted by atomic mass is 10.1. The second kappa shape index (κ2) is 11.6. The molecular formula is C23H29FN6O5S. The van der Waals surface area contributed by atoms with Gasteiger partial charge in [-0.15, -0.1) is 0 Å². The number of carbonyl (C=O) groups is 3. The minimum atomic E-state index is -0.861. The van der Waals surface area contributed by atoms with E-state index in [1.165, 1.54) is 18.2 Å². The summed E-state index contributed by atoms with van der Waals surface area (Å²) in [4.78, 5) is 38.7. The highest BCUT2D eigenvalue weighted by Gasteiger charge is 2.25. The Morgan fingerprint density at radius 2 is 2.08 bits per heavy atom. The predicted molar refractivity (Wildman–Crippen MR) is 131 cm³/mol. The van der Waals surface area contributed by atoms with Crippen molar-refractivity contribution < 1.29 is 28.6 Å². The Bertz CT molecular complexity index is 1120. The zero-order valence-electron chi connectivity index (χ0n) is 19.6. The van der Waals surface area contributed by atoms with E-state index in [-0.39, 0.29) is 46.7 Å². The summed E-state index contributed by atoms with van der Waals surface area (Å²) in [6, 6.07) is 3.59. The van der Waals surface area contributed by atoms with Crippen LogP contribution in [0.1, 0.15) is 52.0 Å². The topological polar surface area (TPSA) is 159 Å². The number of aromatic nitrogens is 1. The van der Waals surface area contributed by atoms with Gasteiger partial charge in [0.05, 0.1) is 6.10 Å². The minimum absolute atomic E-state index is 0.107. The average molecular weight is 521 g/mol. The fourth-order valence-electron chi connectivity index (χ4n) is 3.81. The van der Waals surface area contributed by atoms with Crippen LogP contribution in [-0.2, 0) is 6.61 Å². The smallest absolute Gasteiger partial charge is 0.319 e. The van der Waals surface area contributed by atoms with Crippen LogP contribution in [-0.4, -0.2) is 70.6 Å². The highest BCUT2D eigenvalue weighted by molar-refractivity contribution is 7.11. The van der Waals surface area contributed by atoms with Crippen LogP contribution in [0.2, 0.25) is 0 Å². The van der Waals surface area contributed by atoms with Crippen molar-refractivity contribution in [3.8, 4) is 5.88 Å². The maximum atomic E-state index is 14.3. The molecule has 1 aromatic carbocycles. The number of carbonyl (C=O) groups excluding carboxylic acids is 3. The summed E-state index contributed by atoms with van der Waals surface area (Å²) in [5.74, 6) is -1.86. The van der Waals surface area contributed by atoms with Crippen LogP contribution >= 0.6 is 11.5 Å². The van der Waals surface area contributed by atoms with Gasteiger partial charge in [0, 0.05) is 36.8 Å². The summed E-state index contributed by atoms with van der Waals surface area (Å²) >= 11 is 0.812. The number of benzene rings is 1. The Kier molecular flexibility index (Phi) is 8.33. The summed E-state index contributed by atoms with van der Waals surface area (Å²) < 4.78 is 23.9. The van der Waals surface area contributed by atoms with Gasteiger partial charge in [-0.1, -0.05) is 0 Å². The highest BCUT2D eigenvalue weighted by atomic mass is 32.1. The first kappa shape index (κ1) is 25.8. The molecule has 0 bridgehead atoms. The van der Waals surface area contributed by atoms with Crippen LogP contribution in [0.25, 0.3) is 0 Å². The number of aliphatic hydroxyl groups is 1. The van der Waals surface area contributed by atoms with Gasteiger partial charge in [0.25, 0.3) is 11.8 Å². The molecule has 0 unspecified atom stereocenters. The van der Waals surface area contributed by atoms with E-state index < -0.39 is 17.8 Å². The van der Waals surface area contributed by atoms with E-state index in [9.17, 15) is 23.9 Å². The maximum Gasteiger partial charge on any atom is 0.319 e. The molecule has 1 aliphatic carbocycles. The van der Waals surface area contributed by atoms with E-state index >= 15 is 0 Å². The molecule has 1 saturated heterocycles. The Morgan fingerprint density at radius 3 is 2.78 bits per heavy atom. The number of nitrogens with two attached hydrogens (primary N) is 1. The quantitative estimate of drug-likeness (QED) is 0.280. The first-order valence-electron chi connectivity index (χ1n) is 11.8. The number of halogens is 1. The third-order valence-corrected chi connectivity index (χ3v) is 6.65. The van der Waals surface area contributed by atoms with Gasteiger partial charge in [0.15, 0.2) is 0 Å². The first-order valence-corrected chi connectivity index (χ1v) is 12.5. The van der Waals surface area contributed by atoms with Gasteiger partial charge in [-0.05, 0) is 62.0 Å². The van der Waals surface area contributed by atoms with Crippen LogP contribution in [0.4, 0.5) is 14.2 Å². The van der Waals surface area contributed by atoms with Crippen LogP contribution in [0, 0.1) is 5.82 Å². The average Bonchev–Trinajstić information content (AvgIpc) is 3.41. The minimum Gasteiger partial charge on any atom is -0.471 e. The predicted octanol–water partition coefficient (Wildman–Crippen LogP) is 1.43. The number of anilines is 1. The summed E-state index contributed by atoms with van der Waals surface area (Å²) in [5.41, 5.74) is 5.77. The first-order chi connectivity index (χ1) is 17.3. The third-order valence-electron chi connectivity index (χ3n) is 5.90. The summed E-state index contributed by atoms with van der Waals surface area (Å²) in [5, 5.41) is 17.7. The van der Waals surface area contributed by atoms with Crippen molar-refractivity contribution >= 4 is 34.4 Å². The number of nitrogens with one attached hydrogen (secondary N) is 3. The molecule has 1 atom stereocenters. The van der Waals surface area contributed by atoms with Crippen molar-refractivity contribution in [2.45, 2.75) is 44.4 Å². The zero-order valence-corrected chi connectivity index (χ0v) is 20.4. The number of amides is 4. The molecule has 2 aromatic rings. The lowest BCUT2D eigenvalue weighted by molar-refractivity contribution is 0.0949. The number of hydrogen-bond donors (Lipinski definition) is 5. The van der Waals surface area contributed by atoms with E-state index in [0.29, 0.717) is 25.1 Å². The van der Waals surface area contributed by atoms with Crippen molar-refractivity contribution in [1.82, 2.24) is 19.9 Å². The molecule has 4 amide bonds. The fraction of sp³-hybridized carbons (Fsp3) is 0.478. The highest BCUT2D eigenvalue weighted by Crippen LogP contribution is 2.31. The zero-order chi connectivity index (χ0) is 25.7. The van der Waals surface area contributed by atoms with Crippen LogP contribution < -0.4 is 26.4 Å². The number of β-amino-alcohol motifs (C(OH)–C–C–N with tert-alkyl or cyclic N) is 1. The molecule has 2 heterocycles. The van der Waals surface area contributed by atoms with Crippen LogP contribution in [0.3, 0.4) is 0 Å². The Morgan fingerprint density at radius 1 is 1.28 bits per heavy atom. The van der Waals surface area contributed by atoms with Crippen LogP contribution in [0.5, 0.6) is 5.88 Å². The van der Waals surface area contributed by atoms with Crippen molar-refractivity contribution in [3.63, 3.8) is 0 Å². The number of aliphatic hydroxyl groups excluding tert-OH is 1. The number of primary amides is 1. The normalized spacial score (nSPS) is 17.6. The molecule has 1 aliphatic heterocycles. The lowest BCUT2D eigenvalue weighted by Gasteiger charge is -2.14. The summed E-state index contributed by atoms with van der Waals surface area (Å²) in [6.07, 6.45) is 3.03. The Hall–Kier alpha value is -3.29. The van der Waals surface area contributed by atoms with E-state index in [0.717, 1.165) is 43.9 Å². The van der Waals surface area contributed by atoms with E-state index in [4.69, 9.17) is 10.5 Å². The Labute approximate surface area is 211 Å². The molecule has 0 spiro atoms. The number of ether oxygens (including phenoxy) is 1. The van der Waals surface area contributed by atoms with E-state index in [1.807, 2.05) is 0 Å².